The van der Waals surface area contributed by atoms with Crippen LogP contribution in [-0.2, 0) is 17.7 Å². The first-order valence-corrected chi connectivity index (χ1v) is 15.1. The van der Waals surface area contributed by atoms with E-state index in [0.717, 1.165) is 78.5 Å². The van der Waals surface area contributed by atoms with Gasteiger partial charge in [-0.15, -0.1) is 12.4 Å². The molecule has 0 amide bonds. The van der Waals surface area contributed by atoms with E-state index in [-0.39, 0.29) is 12.4 Å². The highest BCUT2D eigenvalue weighted by Crippen LogP contribution is 2.14. The molecule has 0 fully saturated rings. The zero-order chi connectivity index (χ0) is 25.0. The van der Waals surface area contributed by atoms with Crippen molar-refractivity contribution in [2.45, 2.75) is 55.4 Å². The van der Waals surface area contributed by atoms with E-state index < -0.39 is 9.05 Å². The summed E-state index contributed by atoms with van der Waals surface area (Å²) >= 11 is 0. The first kappa shape index (κ1) is 36.3. The standard InChI is InChI=1S/C24H56N4O4Si.ClH/c1-9-25(10-2)17-21-29-33(30-22-18-26(11-3)12-4,31-23-19-27(13-5)14-6)32-24-20-28(15-7)16-8;/h9-24H2,1-8H3;1H. The van der Waals surface area contributed by atoms with E-state index in [0.29, 0.717) is 26.4 Å². The molecule has 0 unspecified atom stereocenters. The van der Waals surface area contributed by atoms with Crippen LogP contribution in [0.3, 0.4) is 0 Å². The molecule has 8 nitrogen and oxygen atoms in total. The highest BCUT2D eigenvalue weighted by molar-refractivity contribution is 6.53. The van der Waals surface area contributed by atoms with Gasteiger partial charge in [-0.3, -0.25) is 0 Å². The SMILES string of the molecule is CCN(CC)CCO[Si](OCCN(CC)CC)(OCCN(CC)CC)OCCN(CC)CC.Cl. The predicted molar refractivity (Wildman–Crippen MR) is 148 cm³/mol. The number of likely N-dealkylation sites (N-methyl/N-ethyl adjacent to an activating group) is 4. The predicted octanol–water partition coefficient (Wildman–Crippen LogP) is 3.28. The lowest BCUT2D eigenvalue weighted by atomic mass is 10.5. The summed E-state index contributed by atoms with van der Waals surface area (Å²) in [4.78, 5) is 9.39. The normalized spacial score (nSPS) is 12.4. The van der Waals surface area contributed by atoms with Crippen LogP contribution in [0.5, 0.6) is 0 Å². The Kier molecular flexibility index (Phi) is 25.2. The van der Waals surface area contributed by atoms with Crippen molar-refractivity contribution in [2.24, 2.45) is 0 Å². The van der Waals surface area contributed by atoms with Gasteiger partial charge < -0.3 is 37.3 Å². The van der Waals surface area contributed by atoms with Gasteiger partial charge in [0.2, 0.25) is 0 Å². The Labute approximate surface area is 219 Å². The number of rotatable bonds is 24. The van der Waals surface area contributed by atoms with Gasteiger partial charge in [0, 0.05) is 26.2 Å². The maximum Gasteiger partial charge on any atom is 0.679 e. The molecule has 0 aromatic carbocycles. The fraction of sp³-hybridized carbons (Fsp3) is 1.00. The third-order valence-electron chi connectivity index (χ3n) is 6.32. The molecule has 0 spiro atoms. The third kappa shape index (κ3) is 16.0. The van der Waals surface area contributed by atoms with Crippen molar-refractivity contribution in [1.29, 1.82) is 0 Å². The molecule has 0 atom stereocenters. The van der Waals surface area contributed by atoms with Crippen LogP contribution in [-0.4, -0.2) is 134 Å². The molecule has 0 aliphatic carbocycles. The zero-order valence-electron chi connectivity index (χ0n) is 23.6. The quantitative estimate of drug-likeness (QED) is 0.177. The number of halogens is 1. The summed E-state index contributed by atoms with van der Waals surface area (Å²) in [5.74, 6) is 0. The van der Waals surface area contributed by atoms with Crippen molar-refractivity contribution in [3.05, 3.63) is 0 Å². The highest BCUT2D eigenvalue weighted by atomic mass is 35.5. The molecule has 208 valence electrons. The van der Waals surface area contributed by atoms with Crippen molar-refractivity contribution in [3.63, 3.8) is 0 Å². The van der Waals surface area contributed by atoms with Crippen molar-refractivity contribution >= 4 is 21.5 Å². The summed E-state index contributed by atoms with van der Waals surface area (Å²) < 4.78 is 25.5. The van der Waals surface area contributed by atoms with Gasteiger partial charge in [-0.1, -0.05) is 55.4 Å². The van der Waals surface area contributed by atoms with Gasteiger partial charge in [0.05, 0.1) is 26.4 Å². The van der Waals surface area contributed by atoms with Crippen LogP contribution in [0.1, 0.15) is 55.4 Å². The molecule has 34 heavy (non-hydrogen) atoms. The fourth-order valence-electron chi connectivity index (χ4n) is 3.61. The number of nitrogens with zero attached hydrogens (tertiary/aromatic N) is 4. The van der Waals surface area contributed by atoms with Crippen LogP contribution in [0.4, 0.5) is 0 Å². The van der Waals surface area contributed by atoms with Crippen LogP contribution in [0.15, 0.2) is 0 Å². The van der Waals surface area contributed by atoms with Crippen molar-refractivity contribution < 1.29 is 17.7 Å². The largest absolute Gasteiger partial charge is 0.679 e. The lowest BCUT2D eigenvalue weighted by Crippen LogP contribution is -2.53. The minimum atomic E-state index is -3.27. The Balaban J connectivity index is 0. The Bertz CT molecular complexity index is 350. The van der Waals surface area contributed by atoms with Crippen LogP contribution in [0, 0.1) is 0 Å². The highest BCUT2D eigenvalue weighted by Gasteiger charge is 2.46. The van der Waals surface area contributed by atoms with E-state index in [2.05, 4.69) is 75.0 Å². The third-order valence-corrected chi connectivity index (χ3v) is 8.55. The average Bonchev–Trinajstić information content (AvgIpc) is 2.85. The molecule has 0 radical (unpaired) electrons. The first-order valence-electron chi connectivity index (χ1n) is 13.4. The van der Waals surface area contributed by atoms with Gasteiger partial charge in [-0.05, 0) is 52.4 Å². The second kappa shape index (κ2) is 23.6. The van der Waals surface area contributed by atoms with Crippen molar-refractivity contribution in [1.82, 2.24) is 19.6 Å². The Morgan fingerprint density at radius 2 is 0.559 bits per heavy atom. The summed E-state index contributed by atoms with van der Waals surface area (Å²) in [5.41, 5.74) is 0. The van der Waals surface area contributed by atoms with E-state index in [9.17, 15) is 0 Å². The maximum atomic E-state index is 6.39. The molecule has 0 aromatic heterocycles. The van der Waals surface area contributed by atoms with E-state index >= 15 is 0 Å². The van der Waals surface area contributed by atoms with Gasteiger partial charge in [0.15, 0.2) is 0 Å². The van der Waals surface area contributed by atoms with E-state index in [1.807, 2.05) is 0 Å². The monoisotopic (exact) mass is 528 g/mol. The first-order chi connectivity index (χ1) is 16.0. The fourth-order valence-corrected chi connectivity index (χ4v) is 5.47. The molecular formula is C24H57ClN4O4Si. The second-order valence-electron chi connectivity index (χ2n) is 8.00. The van der Waals surface area contributed by atoms with E-state index in [1.165, 1.54) is 0 Å². The summed E-state index contributed by atoms with van der Waals surface area (Å²) in [6, 6.07) is 0. The average molecular weight is 529 g/mol. The van der Waals surface area contributed by atoms with Gasteiger partial charge in [0.1, 0.15) is 0 Å². The van der Waals surface area contributed by atoms with Crippen LogP contribution >= 0.6 is 12.4 Å². The molecule has 0 rings (SSSR count). The van der Waals surface area contributed by atoms with Gasteiger partial charge >= 0.3 is 9.05 Å². The summed E-state index contributed by atoms with van der Waals surface area (Å²) in [6.07, 6.45) is 0. The smallest absolute Gasteiger partial charge is 0.350 e. The van der Waals surface area contributed by atoms with Gasteiger partial charge in [-0.25, -0.2) is 0 Å². The molecule has 0 aliphatic heterocycles. The van der Waals surface area contributed by atoms with Crippen molar-refractivity contribution in [2.75, 3.05) is 105 Å². The molecule has 0 heterocycles. The number of hydrogen-bond acceptors (Lipinski definition) is 8. The lowest BCUT2D eigenvalue weighted by Gasteiger charge is -2.31. The van der Waals surface area contributed by atoms with E-state index in [1.54, 1.807) is 0 Å². The Hall–Kier alpha value is 0.187. The summed E-state index contributed by atoms with van der Waals surface area (Å²) in [5, 5.41) is 0. The van der Waals surface area contributed by atoms with E-state index in [4.69, 9.17) is 17.7 Å². The van der Waals surface area contributed by atoms with Crippen LogP contribution in [0.2, 0.25) is 0 Å². The molecule has 0 aliphatic rings. The molecule has 10 heteroatoms. The van der Waals surface area contributed by atoms with Gasteiger partial charge in [-0.2, -0.15) is 0 Å². The molecule has 0 saturated carbocycles. The Morgan fingerprint density at radius 3 is 0.706 bits per heavy atom. The number of hydrogen-bond donors (Lipinski definition) is 0. The molecule has 0 aromatic rings. The minimum absolute atomic E-state index is 0. The lowest BCUT2D eigenvalue weighted by molar-refractivity contribution is -0.0454. The summed E-state index contributed by atoms with van der Waals surface area (Å²) in [7, 11) is -3.27. The van der Waals surface area contributed by atoms with Crippen molar-refractivity contribution in [3.8, 4) is 0 Å². The van der Waals surface area contributed by atoms with Gasteiger partial charge in [0.25, 0.3) is 0 Å². The summed E-state index contributed by atoms with van der Waals surface area (Å²) in [6.45, 7) is 31.0. The maximum absolute atomic E-state index is 6.39. The molecule has 0 bridgehead atoms. The molecule has 0 saturated heterocycles. The molecular weight excluding hydrogens is 472 g/mol. The second-order valence-corrected chi connectivity index (χ2v) is 10.2. The Morgan fingerprint density at radius 1 is 0.382 bits per heavy atom. The topological polar surface area (TPSA) is 49.9 Å². The zero-order valence-corrected chi connectivity index (χ0v) is 25.5. The van der Waals surface area contributed by atoms with Crippen LogP contribution < -0.4 is 0 Å². The van der Waals surface area contributed by atoms with Crippen LogP contribution in [0.25, 0.3) is 0 Å². The molecule has 0 N–H and O–H groups in total. The minimum Gasteiger partial charge on any atom is -0.350 e.